The highest BCUT2D eigenvalue weighted by molar-refractivity contribution is 5.85. The molecule has 0 saturated carbocycles. The van der Waals surface area contributed by atoms with E-state index in [-0.39, 0.29) is 12.5 Å². The number of amides is 1. The van der Waals surface area contributed by atoms with Crippen molar-refractivity contribution in [1.29, 1.82) is 0 Å². The molecule has 3 rings (SSSR count). The maximum atomic E-state index is 12.9. The van der Waals surface area contributed by atoms with Crippen molar-refractivity contribution in [3.8, 4) is 11.5 Å². The normalized spacial score (nSPS) is 14.8. The lowest BCUT2D eigenvalue weighted by atomic mass is 10.1. The van der Waals surface area contributed by atoms with Crippen molar-refractivity contribution in [2.24, 2.45) is 0 Å². The summed E-state index contributed by atoms with van der Waals surface area (Å²) >= 11 is 0. The van der Waals surface area contributed by atoms with Crippen LogP contribution >= 0.6 is 0 Å². The SMILES string of the molecule is COc1ccc(OCC(=O)O[C@H](C(=O)N2CCOCC2)c2ccccc2)cc1. The number of morpholine rings is 1. The number of benzene rings is 2. The second kappa shape index (κ2) is 9.75. The molecule has 7 heteroatoms. The van der Waals surface area contributed by atoms with Crippen LogP contribution in [0.15, 0.2) is 54.6 Å². The molecule has 0 spiro atoms. The number of carbonyl (C=O) groups is 2. The Bertz CT molecular complexity index is 771. The van der Waals surface area contributed by atoms with E-state index in [1.807, 2.05) is 6.07 Å². The van der Waals surface area contributed by atoms with Crippen molar-refractivity contribution in [2.75, 3.05) is 40.0 Å². The number of ether oxygens (including phenoxy) is 4. The molecule has 7 nitrogen and oxygen atoms in total. The van der Waals surface area contributed by atoms with E-state index >= 15 is 0 Å². The van der Waals surface area contributed by atoms with Gasteiger partial charge >= 0.3 is 5.97 Å². The van der Waals surface area contributed by atoms with Crippen molar-refractivity contribution in [2.45, 2.75) is 6.10 Å². The maximum absolute atomic E-state index is 12.9. The van der Waals surface area contributed by atoms with Crippen LogP contribution in [0.4, 0.5) is 0 Å². The summed E-state index contributed by atoms with van der Waals surface area (Å²) in [6, 6.07) is 15.8. The number of hydrogen-bond donors (Lipinski definition) is 0. The van der Waals surface area contributed by atoms with Crippen LogP contribution in [0.5, 0.6) is 11.5 Å². The number of hydrogen-bond acceptors (Lipinski definition) is 6. The van der Waals surface area contributed by atoms with Crippen LogP contribution in [0.2, 0.25) is 0 Å². The van der Waals surface area contributed by atoms with Crippen molar-refractivity contribution in [3.05, 3.63) is 60.2 Å². The summed E-state index contributed by atoms with van der Waals surface area (Å²) in [6.45, 7) is 1.60. The minimum absolute atomic E-state index is 0.257. The number of methoxy groups -OCH3 is 1. The molecular formula is C21H23NO6. The van der Waals surface area contributed by atoms with Crippen LogP contribution in [0, 0.1) is 0 Å². The van der Waals surface area contributed by atoms with E-state index < -0.39 is 12.1 Å². The quantitative estimate of drug-likeness (QED) is 0.681. The van der Waals surface area contributed by atoms with Gasteiger partial charge in [0.2, 0.25) is 6.10 Å². The molecule has 0 bridgehead atoms. The Morgan fingerprint density at radius 2 is 1.64 bits per heavy atom. The average molecular weight is 385 g/mol. The predicted molar refractivity (Wildman–Crippen MR) is 101 cm³/mol. The van der Waals surface area contributed by atoms with Gasteiger partial charge in [-0.3, -0.25) is 4.79 Å². The van der Waals surface area contributed by atoms with Gasteiger partial charge in [-0.1, -0.05) is 30.3 Å². The third-order valence-electron chi connectivity index (χ3n) is 4.31. The number of nitrogens with zero attached hydrogens (tertiary/aromatic N) is 1. The first-order chi connectivity index (χ1) is 13.7. The molecular weight excluding hydrogens is 362 g/mol. The Hall–Kier alpha value is -3.06. The summed E-state index contributed by atoms with van der Waals surface area (Å²) in [5.41, 5.74) is 0.622. The molecule has 1 heterocycles. The van der Waals surface area contributed by atoms with E-state index in [4.69, 9.17) is 18.9 Å². The van der Waals surface area contributed by atoms with Gasteiger partial charge < -0.3 is 23.8 Å². The molecule has 2 aromatic carbocycles. The second-order valence-corrected chi connectivity index (χ2v) is 6.18. The molecule has 0 radical (unpaired) electrons. The third kappa shape index (κ3) is 5.23. The fraction of sp³-hybridized carbons (Fsp3) is 0.333. The van der Waals surface area contributed by atoms with Gasteiger partial charge in [-0.2, -0.15) is 0 Å². The van der Waals surface area contributed by atoms with Crippen LogP contribution in [0.25, 0.3) is 0 Å². The monoisotopic (exact) mass is 385 g/mol. The second-order valence-electron chi connectivity index (χ2n) is 6.18. The van der Waals surface area contributed by atoms with Crippen LogP contribution < -0.4 is 9.47 Å². The standard InChI is InChI=1S/C21H23NO6/c1-25-17-7-9-18(10-8-17)27-15-19(23)28-20(16-5-3-2-4-6-16)21(24)22-11-13-26-14-12-22/h2-10,20H,11-15H2,1H3/t20-/m0/s1. The van der Waals surface area contributed by atoms with Gasteiger partial charge in [-0.25, -0.2) is 4.79 Å². The first-order valence-electron chi connectivity index (χ1n) is 9.05. The third-order valence-corrected chi connectivity index (χ3v) is 4.31. The topological polar surface area (TPSA) is 74.3 Å². The zero-order chi connectivity index (χ0) is 19.8. The molecule has 28 heavy (non-hydrogen) atoms. The Labute approximate surface area is 163 Å². The van der Waals surface area contributed by atoms with Gasteiger partial charge in [-0.05, 0) is 24.3 Å². The van der Waals surface area contributed by atoms with E-state index in [1.165, 1.54) is 0 Å². The Morgan fingerprint density at radius 3 is 2.29 bits per heavy atom. The molecule has 1 atom stereocenters. The van der Waals surface area contributed by atoms with Gasteiger partial charge in [-0.15, -0.1) is 0 Å². The Kier molecular flexibility index (Phi) is 6.86. The van der Waals surface area contributed by atoms with E-state index in [0.717, 1.165) is 0 Å². The van der Waals surface area contributed by atoms with Gasteiger partial charge in [0, 0.05) is 18.7 Å². The van der Waals surface area contributed by atoms with Crippen LogP contribution in [0.3, 0.4) is 0 Å². The van der Waals surface area contributed by atoms with Crippen molar-refractivity contribution in [3.63, 3.8) is 0 Å². The van der Waals surface area contributed by atoms with Crippen molar-refractivity contribution in [1.82, 2.24) is 4.90 Å². The van der Waals surface area contributed by atoms with E-state index in [0.29, 0.717) is 43.4 Å². The smallest absolute Gasteiger partial charge is 0.345 e. The van der Waals surface area contributed by atoms with Crippen LogP contribution in [-0.2, 0) is 19.1 Å². The van der Waals surface area contributed by atoms with Gasteiger partial charge in [0.1, 0.15) is 11.5 Å². The van der Waals surface area contributed by atoms with E-state index in [9.17, 15) is 9.59 Å². The minimum atomic E-state index is -1.01. The lowest BCUT2D eigenvalue weighted by molar-refractivity contribution is -0.164. The summed E-state index contributed by atoms with van der Waals surface area (Å²) in [5.74, 6) is 0.322. The molecule has 0 aromatic heterocycles. The Morgan fingerprint density at radius 1 is 1.00 bits per heavy atom. The number of rotatable bonds is 7. The van der Waals surface area contributed by atoms with E-state index in [1.54, 1.807) is 60.5 Å². The zero-order valence-electron chi connectivity index (χ0n) is 15.7. The summed E-state index contributed by atoms with van der Waals surface area (Å²) in [7, 11) is 1.57. The van der Waals surface area contributed by atoms with E-state index in [2.05, 4.69) is 0 Å². The van der Waals surface area contributed by atoms with Gasteiger partial charge in [0.05, 0.1) is 20.3 Å². The highest BCUT2D eigenvalue weighted by Gasteiger charge is 2.30. The highest BCUT2D eigenvalue weighted by atomic mass is 16.6. The molecule has 1 saturated heterocycles. The molecule has 2 aromatic rings. The minimum Gasteiger partial charge on any atom is -0.497 e. The van der Waals surface area contributed by atoms with Crippen LogP contribution in [-0.4, -0.2) is 56.8 Å². The molecule has 0 unspecified atom stereocenters. The van der Waals surface area contributed by atoms with Crippen molar-refractivity contribution >= 4 is 11.9 Å². The summed E-state index contributed by atoms with van der Waals surface area (Å²) < 4.78 is 21.3. The number of esters is 1. The summed E-state index contributed by atoms with van der Waals surface area (Å²) in [4.78, 5) is 26.9. The molecule has 1 fully saturated rings. The van der Waals surface area contributed by atoms with Crippen LogP contribution in [0.1, 0.15) is 11.7 Å². The van der Waals surface area contributed by atoms with Crippen molar-refractivity contribution < 1.29 is 28.5 Å². The molecule has 1 aliphatic heterocycles. The first-order valence-corrected chi connectivity index (χ1v) is 9.05. The largest absolute Gasteiger partial charge is 0.497 e. The fourth-order valence-electron chi connectivity index (χ4n) is 2.82. The molecule has 1 aliphatic rings. The first kappa shape index (κ1) is 19.7. The summed E-state index contributed by atoms with van der Waals surface area (Å²) in [5, 5.41) is 0. The molecule has 148 valence electrons. The highest BCUT2D eigenvalue weighted by Crippen LogP contribution is 2.22. The summed E-state index contributed by atoms with van der Waals surface area (Å²) in [6.07, 6.45) is -1.01. The average Bonchev–Trinajstić information content (AvgIpc) is 2.77. The molecule has 0 aliphatic carbocycles. The lowest BCUT2D eigenvalue weighted by Gasteiger charge is -2.30. The maximum Gasteiger partial charge on any atom is 0.345 e. The molecule has 1 amide bonds. The number of carbonyl (C=O) groups excluding carboxylic acids is 2. The molecule has 0 N–H and O–H groups in total. The Balaban J connectivity index is 1.64. The van der Waals surface area contributed by atoms with Gasteiger partial charge in [0.25, 0.3) is 5.91 Å². The van der Waals surface area contributed by atoms with Gasteiger partial charge in [0.15, 0.2) is 6.61 Å². The zero-order valence-corrected chi connectivity index (χ0v) is 15.7. The lowest BCUT2D eigenvalue weighted by Crippen LogP contribution is -2.44. The predicted octanol–water partition coefficient (Wildman–Crippen LogP) is 2.22. The fourth-order valence-corrected chi connectivity index (χ4v) is 2.82.